The predicted molar refractivity (Wildman–Crippen MR) is 83.9 cm³/mol. The van der Waals surface area contributed by atoms with Crippen molar-refractivity contribution in [1.82, 2.24) is 15.5 Å². The lowest BCUT2D eigenvalue weighted by Gasteiger charge is -2.30. The molecule has 1 saturated heterocycles. The topological polar surface area (TPSA) is 44.4 Å². The van der Waals surface area contributed by atoms with Crippen LogP contribution in [0.15, 0.2) is 16.8 Å². The summed E-state index contributed by atoms with van der Waals surface area (Å²) >= 11 is 1.75. The van der Waals surface area contributed by atoms with E-state index in [2.05, 4.69) is 32.4 Å². The van der Waals surface area contributed by atoms with Crippen molar-refractivity contribution in [3.05, 3.63) is 22.4 Å². The second-order valence-electron chi connectivity index (χ2n) is 5.54. The van der Waals surface area contributed by atoms with Gasteiger partial charge >= 0.3 is 0 Å². The van der Waals surface area contributed by atoms with Gasteiger partial charge in [0.05, 0.1) is 0 Å². The molecule has 1 fully saturated rings. The van der Waals surface area contributed by atoms with Crippen LogP contribution in [0.2, 0.25) is 0 Å². The molecule has 2 N–H and O–H groups in total. The quantitative estimate of drug-likeness (QED) is 0.804. The molecular formula is C15H25N3OS. The second-order valence-corrected chi connectivity index (χ2v) is 6.32. The van der Waals surface area contributed by atoms with E-state index in [1.54, 1.807) is 18.3 Å². The van der Waals surface area contributed by atoms with Crippen molar-refractivity contribution in [1.29, 1.82) is 0 Å². The summed E-state index contributed by atoms with van der Waals surface area (Å²) in [6.07, 6.45) is 2.53. The first-order chi connectivity index (χ1) is 9.74. The molecule has 5 heteroatoms. The van der Waals surface area contributed by atoms with Crippen molar-refractivity contribution in [3.63, 3.8) is 0 Å². The van der Waals surface area contributed by atoms with Gasteiger partial charge in [0.1, 0.15) is 0 Å². The van der Waals surface area contributed by atoms with E-state index in [1.807, 2.05) is 0 Å². The molecule has 112 valence electrons. The molecule has 1 aliphatic heterocycles. The maximum Gasteiger partial charge on any atom is 0.216 e. The number of rotatable bonds is 7. The molecule has 2 rings (SSSR count). The highest BCUT2D eigenvalue weighted by Crippen LogP contribution is 2.16. The fraction of sp³-hybridized carbons (Fsp3) is 0.667. The number of carbonyl (C=O) groups is 1. The number of thiophene rings is 1. The van der Waals surface area contributed by atoms with E-state index in [-0.39, 0.29) is 5.91 Å². The normalized spacial score (nSPS) is 16.5. The third-order valence-electron chi connectivity index (χ3n) is 3.76. The first-order valence-corrected chi connectivity index (χ1v) is 8.37. The molecule has 0 saturated carbocycles. The molecule has 4 nitrogen and oxygen atoms in total. The lowest BCUT2D eigenvalue weighted by Crippen LogP contribution is -2.39. The highest BCUT2D eigenvalue weighted by molar-refractivity contribution is 7.07. The van der Waals surface area contributed by atoms with Crippen LogP contribution in [-0.4, -0.2) is 43.5 Å². The third kappa shape index (κ3) is 5.61. The number of hydrogen-bond acceptors (Lipinski definition) is 4. The van der Waals surface area contributed by atoms with Gasteiger partial charge in [-0.25, -0.2) is 0 Å². The maximum atomic E-state index is 11.0. The minimum absolute atomic E-state index is 0.0577. The molecule has 0 unspecified atom stereocenters. The zero-order chi connectivity index (χ0) is 14.2. The van der Waals surface area contributed by atoms with Gasteiger partial charge in [-0.3, -0.25) is 9.69 Å². The van der Waals surface area contributed by atoms with Gasteiger partial charge in [0.2, 0.25) is 5.91 Å². The molecule has 1 aromatic rings. The molecule has 0 bridgehead atoms. The van der Waals surface area contributed by atoms with Gasteiger partial charge in [0, 0.05) is 33.1 Å². The smallest absolute Gasteiger partial charge is 0.216 e. The number of piperidine rings is 1. The minimum atomic E-state index is 0.0577. The van der Waals surface area contributed by atoms with Crippen LogP contribution in [-0.2, 0) is 11.3 Å². The van der Waals surface area contributed by atoms with Crippen LogP contribution < -0.4 is 10.6 Å². The Balaban J connectivity index is 1.83. The van der Waals surface area contributed by atoms with Crippen LogP contribution in [0.4, 0.5) is 0 Å². The molecular weight excluding hydrogens is 270 g/mol. The van der Waals surface area contributed by atoms with E-state index in [4.69, 9.17) is 0 Å². The van der Waals surface area contributed by atoms with E-state index in [1.165, 1.54) is 18.4 Å². The summed E-state index contributed by atoms with van der Waals surface area (Å²) in [7, 11) is 0. The second kappa shape index (κ2) is 8.39. The fourth-order valence-corrected chi connectivity index (χ4v) is 3.36. The molecule has 0 spiro atoms. The molecule has 0 radical (unpaired) electrons. The zero-order valence-corrected chi connectivity index (χ0v) is 13.0. The van der Waals surface area contributed by atoms with Gasteiger partial charge in [-0.2, -0.15) is 11.3 Å². The Kier molecular flexibility index (Phi) is 6.50. The van der Waals surface area contributed by atoms with E-state index >= 15 is 0 Å². The summed E-state index contributed by atoms with van der Waals surface area (Å²) < 4.78 is 0. The molecule has 1 aromatic heterocycles. The number of hydrogen-bond donors (Lipinski definition) is 2. The fourth-order valence-electron chi connectivity index (χ4n) is 2.70. The molecule has 1 aliphatic rings. The van der Waals surface area contributed by atoms with Gasteiger partial charge in [0.25, 0.3) is 0 Å². The molecule has 0 atom stereocenters. The largest absolute Gasteiger partial charge is 0.355 e. The Labute approximate surface area is 125 Å². The van der Waals surface area contributed by atoms with Crippen molar-refractivity contribution in [2.24, 2.45) is 5.92 Å². The molecule has 0 aromatic carbocycles. The van der Waals surface area contributed by atoms with Crippen LogP contribution in [0, 0.1) is 5.92 Å². The summed E-state index contributed by atoms with van der Waals surface area (Å²) in [6.45, 7) is 7.66. The summed E-state index contributed by atoms with van der Waals surface area (Å²) in [5, 5.41) is 10.7. The Bertz CT molecular complexity index is 388. The average Bonchev–Trinajstić information content (AvgIpc) is 2.92. The first-order valence-electron chi connectivity index (χ1n) is 7.42. The predicted octanol–water partition coefficient (Wildman–Crippen LogP) is 1.69. The Hall–Kier alpha value is -0.910. The number of nitrogens with zero attached hydrogens (tertiary/aromatic N) is 1. The van der Waals surface area contributed by atoms with Crippen LogP contribution in [0.25, 0.3) is 0 Å². The average molecular weight is 295 g/mol. The van der Waals surface area contributed by atoms with Crippen LogP contribution in [0.5, 0.6) is 0 Å². The number of amides is 1. The third-order valence-corrected chi connectivity index (χ3v) is 4.50. The Morgan fingerprint density at radius 1 is 1.50 bits per heavy atom. The molecule has 20 heavy (non-hydrogen) atoms. The zero-order valence-electron chi connectivity index (χ0n) is 12.2. The first kappa shape index (κ1) is 15.5. The van der Waals surface area contributed by atoms with E-state index in [0.29, 0.717) is 0 Å². The summed E-state index contributed by atoms with van der Waals surface area (Å²) in [6, 6.07) is 2.19. The van der Waals surface area contributed by atoms with Gasteiger partial charge in [-0.05, 0) is 54.2 Å². The van der Waals surface area contributed by atoms with Gasteiger partial charge in [0.15, 0.2) is 0 Å². The summed E-state index contributed by atoms with van der Waals surface area (Å²) in [5.41, 5.74) is 1.38. The van der Waals surface area contributed by atoms with Crippen molar-refractivity contribution < 1.29 is 4.79 Å². The molecule has 2 heterocycles. The van der Waals surface area contributed by atoms with Crippen LogP contribution in [0.1, 0.15) is 25.3 Å². The van der Waals surface area contributed by atoms with Crippen LogP contribution in [0.3, 0.4) is 0 Å². The van der Waals surface area contributed by atoms with Gasteiger partial charge in [-0.1, -0.05) is 0 Å². The summed E-state index contributed by atoms with van der Waals surface area (Å²) in [5.74, 6) is 0.842. The highest BCUT2D eigenvalue weighted by atomic mass is 32.1. The minimum Gasteiger partial charge on any atom is -0.355 e. The molecule has 0 aliphatic carbocycles. The van der Waals surface area contributed by atoms with Gasteiger partial charge in [-0.15, -0.1) is 0 Å². The highest BCUT2D eigenvalue weighted by Gasteiger charge is 2.17. The van der Waals surface area contributed by atoms with E-state index < -0.39 is 0 Å². The number of carbonyl (C=O) groups excluding carboxylic acids is 1. The maximum absolute atomic E-state index is 11.0. The lowest BCUT2D eigenvalue weighted by molar-refractivity contribution is -0.119. The SMILES string of the molecule is CC(=O)NCCN(Cc1ccsc1)CC1CCNCC1. The van der Waals surface area contributed by atoms with Crippen molar-refractivity contribution >= 4 is 17.2 Å². The Morgan fingerprint density at radius 3 is 2.95 bits per heavy atom. The lowest BCUT2D eigenvalue weighted by atomic mass is 9.97. The van der Waals surface area contributed by atoms with Crippen molar-refractivity contribution in [3.8, 4) is 0 Å². The summed E-state index contributed by atoms with van der Waals surface area (Å²) in [4.78, 5) is 13.5. The van der Waals surface area contributed by atoms with E-state index in [9.17, 15) is 4.79 Å². The standard InChI is InChI=1S/C15H25N3OS/c1-13(19)17-7-8-18(11-15-4-9-20-12-15)10-14-2-5-16-6-3-14/h4,9,12,14,16H,2-3,5-8,10-11H2,1H3,(H,17,19). The van der Waals surface area contributed by atoms with E-state index in [0.717, 1.165) is 45.2 Å². The van der Waals surface area contributed by atoms with Gasteiger partial charge < -0.3 is 10.6 Å². The van der Waals surface area contributed by atoms with Crippen molar-refractivity contribution in [2.45, 2.75) is 26.3 Å². The van der Waals surface area contributed by atoms with Crippen molar-refractivity contribution in [2.75, 3.05) is 32.7 Å². The van der Waals surface area contributed by atoms with Crippen LogP contribution >= 0.6 is 11.3 Å². The number of nitrogens with one attached hydrogen (secondary N) is 2. The Morgan fingerprint density at radius 2 is 2.30 bits per heavy atom. The molecule has 1 amide bonds. The monoisotopic (exact) mass is 295 g/mol.